The van der Waals surface area contributed by atoms with Gasteiger partial charge in [0.25, 0.3) is 0 Å². The highest BCUT2D eigenvalue weighted by Gasteiger charge is 2.50. The second-order valence-electron chi connectivity index (χ2n) is 5.29. The number of ether oxygens (including phenoxy) is 2. The molecule has 2 heterocycles. The molecule has 104 valence electrons. The molecule has 2 N–H and O–H groups in total. The van der Waals surface area contributed by atoms with E-state index >= 15 is 0 Å². The molecule has 5 heteroatoms. The van der Waals surface area contributed by atoms with E-state index in [2.05, 4.69) is 0 Å². The van der Waals surface area contributed by atoms with Crippen molar-refractivity contribution in [3.8, 4) is 0 Å². The molecule has 0 aromatic carbocycles. The van der Waals surface area contributed by atoms with Gasteiger partial charge in [-0.05, 0) is 26.2 Å². The van der Waals surface area contributed by atoms with Gasteiger partial charge >= 0.3 is 5.97 Å². The predicted octanol–water partition coefficient (Wildman–Crippen LogP) is 1.04. The van der Waals surface area contributed by atoms with Crippen molar-refractivity contribution in [2.45, 2.75) is 50.9 Å². The Kier molecular flexibility index (Phi) is 4.59. The smallest absolute Gasteiger partial charge is 0.303 e. The van der Waals surface area contributed by atoms with Gasteiger partial charge in [-0.2, -0.15) is 0 Å². The van der Waals surface area contributed by atoms with Crippen molar-refractivity contribution in [2.24, 2.45) is 11.8 Å². The molecule has 2 aliphatic rings. The Labute approximate surface area is 107 Å². The number of carboxylic acids is 1. The normalized spacial score (nSPS) is 35.9. The Hall–Kier alpha value is -0.650. The molecule has 0 aromatic heterocycles. The minimum absolute atomic E-state index is 0.0197. The van der Waals surface area contributed by atoms with E-state index in [0.717, 1.165) is 12.8 Å². The quantitative estimate of drug-likeness (QED) is 0.667. The minimum atomic E-state index is -0.789. The fraction of sp³-hybridized carbons (Fsp3) is 0.923. The van der Waals surface area contributed by atoms with E-state index in [1.165, 1.54) is 0 Å². The zero-order chi connectivity index (χ0) is 13.1. The number of hydrogen-bond donors (Lipinski definition) is 2. The summed E-state index contributed by atoms with van der Waals surface area (Å²) in [6.07, 6.45) is 3.18. The summed E-state index contributed by atoms with van der Waals surface area (Å²) >= 11 is 0. The zero-order valence-corrected chi connectivity index (χ0v) is 10.7. The Bertz CT molecular complexity index is 293. The van der Waals surface area contributed by atoms with Crippen LogP contribution in [0.25, 0.3) is 0 Å². The summed E-state index contributed by atoms with van der Waals surface area (Å²) in [5, 5.41) is 18.0. The summed E-state index contributed by atoms with van der Waals surface area (Å²) in [7, 11) is 0. The lowest BCUT2D eigenvalue weighted by molar-refractivity contribution is -0.137. The van der Waals surface area contributed by atoms with Crippen LogP contribution in [0.5, 0.6) is 0 Å². The molecule has 2 fully saturated rings. The first-order valence-electron chi connectivity index (χ1n) is 6.73. The van der Waals surface area contributed by atoms with Crippen LogP contribution in [-0.2, 0) is 14.3 Å². The predicted molar refractivity (Wildman–Crippen MR) is 64.2 cm³/mol. The summed E-state index contributed by atoms with van der Waals surface area (Å²) in [5.41, 5.74) is 0. The fourth-order valence-electron chi connectivity index (χ4n) is 3.30. The van der Waals surface area contributed by atoms with Crippen LogP contribution in [0.3, 0.4) is 0 Å². The van der Waals surface area contributed by atoms with Crippen molar-refractivity contribution in [1.82, 2.24) is 0 Å². The minimum Gasteiger partial charge on any atom is -0.481 e. The van der Waals surface area contributed by atoms with Crippen LogP contribution in [0.4, 0.5) is 0 Å². The van der Waals surface area contributed by atoms with Gasteiger partial charge in [0.05, 0.1) is 18.3 Å². The maximum atomic E-state index is 10.4. The van der Waals surface area contributed by atoms with E-state index < -0.39 is 5.97 Å². The van der Waals surface area contributed by atoms with E-state index in [1.807, 2.05) is 6.92 Å². The lowest BCUT2D eigenvalue weighted by Crippen LogP contribution is -2.38. The van der Waals surface area contributed by atoms with Crippen molar-refractivity contribution < 1.29 is 24.5 Å². The van der Waals surface area contributed by atoms with Gasteiger partial charge in [-0.15, -0.1) is 0 Å². The molecule has 2 saturated heterocycles. The maximum Gasteiger partial charge on any atom is 0.303 e. The summed E-state index contributed by atoms with van der Waals surface area (Å²) in [5.74, 6) is -0.362. The maximum absolute atomic E-state index is 10.4. The molecule has 0 amide bonds. The van der Waals surface area contributed by atoms with Gasteiger partial charge in [-0.3, -0.25) is 4.79 Å². The van der Waals surface area contributed by atoms with Gasteiger partial charge in [0.2, 0.25) is 0 Å². The third kappa shape index (κ3) is 2.84. The highest BCUT2D eigenvalue weighted by molar-refractivity contribution is 5.66. The van der Waals surface area contributed by atoms with Crippen LogP contribution in [-0.4, -0.2) is 47.7 Å². The molecule has 2 aliphatic heterocycles. The Balaban J connectivity index is 1.77. The molecule has 5 unspecified atom stereocenters. The lowest BCUT2D eigenvalue weighted by atomic mass is 9.77. The molecule has 0 saturated carbocycles. The van der Waals surface area contributed by atoms with Crippen LogP contribution in [0.15, 0.2) is 0 Å². The molecule has 5 atom stereocenters. The molecular formula is C13H22O5. The number of aliphatic hydroxyl groups excluding tert-OH is 1. The topological polar surface area (TPSA) is 76.0 Å². The monoisotopic (exact) mass is 258 g/mol. The van der Waals surface area contributed by atoms with Crippen molar-refractivity contribution in [3.63, 3.8) is 0 Å². The molecule has 0 radical (unpaired) electrons. The number of fused-ring (bicyclic) bond motifs is 2. The highest BCUT2D eigenvalue weighted by atomic mass is 16.5. The largest absolute Gasteiger partial charge is 0.481 e. The number of carboxylic acid groups (broad SMARTS) is 1. The molecule has 2 rings (SSSR count). The molecule has 0 spiro atoms. The molecule has 0 aliphatic carbocycles. The first-order valence-corrected chi connectivity index (χ1v) is 6.73. The summed E-state index contributed by atoms with van der Waals surface area (Å²) in [6.45, 7) is 2.60. The molecule has 0 aromatic rings. The average Bonchev–Trinajstić information content (AvgIpc) is 2.93. The third-order valence-electron chi connectivity index (χ3n) is 4.16. The zero-order valence-electron chi connectivity index (χ0n) is 10.7. The van der Waals surface area contributed by atoms with Crippen LogP contribution in [0.2, 0.25) is 0 Å². The van der Waals surface area contributed by atoms with Crippen LogP contribution < -0.4 is 0 Å². The summed E-state index contributed by atoms with van der Waals surface area (Å²) in [6, 6.07) is 0. The van der Waals surface area contributed by atoms with Crippen LogP contribution >= 0.6 is 0 Å². The molecular weight excluding hydrogens is 236 g/mol. The Morgan fingerprint density at radius 1 is 1.44 bits per heavy atom. The van der Waals surface area contributed by atoms with Crippen molar-refractivity contribution in [3.05, 3.63) is 0 Å². The number of carbonyl (C=O) groups is 1. The summed E-state index contributed by atoms with van der Waals surface area (Å²) in [4.78, 5) is 10.4. The van der Waals surface area contributed by atoms with E-state index in [9.17, 15) is 9.90 Å². The van der Waals surface area contributed by atoms with E-state index in [1.54, 1.807) is 0 Å². The van der Waals surface area contributed by atoms with Crippen molar-refractivity contribution in [1.29, 1.82) is 0 Å². The SMILES string of the molecule is CC(OCCCC(=O)O)C1C2CCC(O2)C1CO. The van der Waals surface area contributed by atoms with Gasteiger partial charge in [0, 0.05) is 31.5 Å². The Morgan fingerprint density at radius 2 is 2.17 bits per heavy atom. The van der Waals surface area contributed by atoms with Gasteiger partial charge < -0.3 is 19.7 Å². The fourth-order valence-corrected chi connectivity index (χ4v) is 3.30. The van der Waals surface area contributed by atoms with Crippen LogP contribution in [0, 0.1) is 11.8 Å². The second-order valence-corrected chi connectivity index (χ2v) is 5.29. The van der Waals surface area contributed by atoms with Crippen molar-refractivity contribution >= 4 is 5.97 Å². The first kappa shape index (κ1) is 13.8. The lowest BCUT2D eigenvalue weighted by Gasteiger charge is -2.31. The van der Waals surface area contributed by atoms with Gasteiger partial charge in [0.1, 0.15) is 0 Å². The van der Waals surface area contributed by atoms with Gasteiger partial charge in [-0.1, -0.05) is 0 Å². The number of aliphatic hydroxyl groups is 1. The number of aliphatic carboxylic acids is 1. The van der Waals surface area contributed by atoms with E-state index in [4.69, 9.17) is 14.6 Å². The van der Waals surface area contributed by atoms with E-state index in [-0.39, 0.29) is 43.2 Å². The first-order chi connectivity index (χ1) is 8.63. The molecule has 2 bridgehead atoms. The van der Waals surface area contributed by atoms with Crippen LogP contribution in [0.1, 0.15) is 32.6 Å². The highest BCUT2D eigenvalue weighted by Crippen LogP contribution is 2.45. The average molecular weight is 258 g/mol. The molecule has 18 heavy (non-hydrogen) atoms. The third-order valence-corrected chi connectivity index (χ3v) is 4.16. The number of hydrogen-bond acceptors (Lipinski definition) is 4. The molecule has 5 nitrogen and oxygen atoms in total. The number of rotatable bonds is 7. The summed E-state index contributed by atoms with van der Waals surface area (Å²) < 4.78 is 11.5. The van der Waals surface area contributed by atoms with Crippen molar-refractivity contribution in [2.75, 3.05) is 13.2 Å². The van der Waals surface area contributed by atoms with E-state index in [0.29, 0.717) is 13.0 Å². The van der Waals surface area contributed by atoms with Gasteiger partial charge in [-0.25, -0.2) is 0 Å². The van der Waals surface area contributed by atoms with Gasteiger partial charge in [0.15, 0.2) is 0 Å². The Morgan fingerprint density at radius 3 is 2.83 bits per heavy atom. The standard InChI is InChI=1S/C13H22O5/c1-8(17-6-2-3-12(15)16)13-9(7-14)10-4-5-11(13)18-10/h8-11,13-14H,2-7H2,1H3,(H,15,16). The second kappa shape index (κ2) is 5.99.